The Morgan fingerprint density at radius 2 is 1.57 bits per heavy atom. The molecular weight excluding hydrogens is 268 g/mol. The normalized spacial score (nSPS) is 15.0. The summed E-state index contributed by atoms with van der Waals surface area (Å²) in [5.74, 6) is 3.68. The number of anilines is 1. The van der Waals surface area contributed by atoms with Gasteiger partial charge in [-0.1, -0.05) is 17.7 Å². The predicted octanol–water partition coefficient (Wildman–Crippen LogP) is 0.250. The Balaban J connectivity index is 2.08. The number of nitrogens with zero attached hydrogens (tertiary/aromatic N) is 2. The fourth-order valence-corrected chi connectivity index (χ4v) is 3.01. The lowest BCUT2D eigenvalue weighted by Gasteiger charge is -2.37. The lowest BCUT2D eigenvalue weighted by atomic mass is 10.0. The van der Waals surface area contributed by atoms with Gasteiger partial charge in [-0.25, -0.2) is 5.84 Å². The summed E-state index contributed by atoms with van der Waals surface area (Å²) in [4.78, 5) is 26.8. The van der Waals surface area contributed by atoms with Gasteiger partial charge in [0.1, 0.15) is 0 Å². The van der Waals surface area contributed by atoms with Gasteiger partial charge in [0.15, 0.2) is 0 Å². The fourth-order valence-electron chi connectivity index (χ4n) is 3.01. The predicted molar refractivity (Wildman–Crippen MR) is 81.8 cm³/mol. The number of amides is 2. The number of nitrogens with one attached hydrogen (secondary N) is 1. The maximum atomic E-state index is 11.8. The molecule has 0 aromatic heterocycles. The van der Waals surface area contributed by atoms with Crippen molar-refractivity contribution in [3.63, 3.8) is 0 Å². The third kappa shape index (κ3) is 3.16. The summed E-state index contributed by atoms with van der Waals surface area (Å²) in [7, 11) is 0. The highest BCUT2D eigenvalue weighted by molar-refractivity contribution is 6.34. The topological polar surface area (TPSA) is 78.7 Å². The van der Waals surface area contributed by atoms with Gasteiger partial charge >= 0.3 is 11.8 Å². The molecule has 2 rings (SSSR count). The molecule has 0 bridgehead atoms. The third-order valence-corrected chi connectivity index (χ3v) is 3.84. The molecule has 1 aromatic rings. The number of hydrogen-bond donors (Lipinski definition) is 2. The molecule has 0 saturated carbocycles. The zero-order chi connectivity index (χ0) is 15.6. The molecule has 6 heteroatoms. The Morgan fingerprint density at radius 3 is 2.05 bits per heavy atom. The lowest BCUT2D eigenvalue weighted by molar-refractivity contribution is -0.146. The van der Waals surface area contributed by atoms with E-state index < -0.39 is 11.8 Å². The van der Waals surface area contributed by atoms with E-state index in [2.05, 4.69) is 37.8 Å². The van der Waals surface area contributed by atoms with Crippen molar-refractivity contribution in [2.45, 2.75) is 20.8 Å². The van der Waals surface area contributed by atoms with Crippen LogP contribution in [-0.4, -0.2) is 42.9 Å². The molecule has 3 N–H and O–H groups in total. The highest BCUT2D eigenvalue weighted by Crippen LogP contribution is 2.27. The van der Waals surface area contributed by atoms with Crippen molar-refractivity contribution in [3.8, 4) is 0 Å². The molecule has 1 aromatic carbocycles. The van der Waals surface area contributed by atoms with Crippen LogP contribution in [0.4, 0.5) is 5.69 Å². The summed E-state index contributed by atoms with van der Waals surface area (Å²) in [6.07, 6.45) is 0. The zero-order valence-corrected chi connectivity index (χ0v) is 12.8. The quantitative estimate of drug-likeness (QED) is 0.336. The van der Waals surface area contributed by atoms with Crippen molar-refractivity contribution >= 4 is 17.5 Å². The van der Waals surface area contributed by atoms with Crippen molar-refractivity contribution in [3.05, 3.63) is 28.8 Å². The minimum atomic E-state index is -0.758. The smallest absolute Gasteiger partial charge is 0.323 e. The Hall–Kier alpha value is -2.08. The monoisotopic (exact) mass is 290 g/mol. The Bertz CT molecular complexity index is 540. The number of piperazine rings is 1. The number of rotatable bonds is 1. The molecule has 0 aliphatic carbocycles. The molecule has 6 nitrogen and oxygen atoms in total. The van der Waals surface area contributed by atoms with Crippen LogP contribution in [0.5, 0.6) is 0 Å². The lowest BCUT2D eigenvalue weighted by Crippen LogP contribution is -2.53. The third-order valence-electron chi connectivity index (χ3n) is 3.84. The van der Waals surface area contributed by atoms with Crippen LogP contribution < -0.4 is 16.2 Å². The molecule has 0 atom stereocenters. The number of nitrogens with two attached hydrogens (primary N) is 1. The van der Waals surface area contributed by atoms with Gasteiger partial charge in [0.25, 0.3) is 0 Å². The van der Waals surface area contributed by atoms with Crippen molar-refractivity contribution in [2.75, 3.05) is 31.1 Å². The van der Waals surface area contributed by atoms with Crippen LogP contribution in [-0.2, 0) is 9.59 Å². The molecule has 0 spiro atoms. The highest BCUT2D eigenvalue weighted by Gasteiger charge is 2.26. The van der Waals surface area contributed by atoms with Crippen LogP contribution in [0.15, 0.2) is 12.1 Å². The van der Waals surface area contributed by atoms with Crippen LogP contribution in [0, 0.1) is 20.8 Å². The van der Waals surface area contributed by atoms with Gasteiger partial charge in [0.05, 0.1) is 0 Å². The largest absolute Gasteiger partial charge is 0.368 e. The molecule has 21 heavy (non-hydrogen) atoms. The van der Waals surface area contributed by atoms with Gasteiger partial charge < -0.3 is 9.80 Å². The molecule has 1 aliphatic heterocycles. The maximum Gasteiger partial charge on any atom is 0.323 e. The summed E-state index contributed by atoms with van der Waals surface area (Å²) in [5, 5.41) is 0. The minimum Gasteiger partial charge on any atom is -0.368 e. The first-order valence-corrected chi connectivity index (χ1v) is 7.06. The summed E-state index contributed by atoms with van der Waals surface area (Å²) >= 11 is 0. The average molecular weight is 290 g/mol. The molecule has 1 heterocycles. The van der Waals surface area contributed by atoms with Crippen LogP contribution in [0.1, 0.15) is 16.7 Å². The van der Waals surface area contributed by atoms with E-state index >= 15 is 0 Å². The molecule has 0 unspecified atom stereocenters. The molecule has 114 valence electrons. The maximum absolute atomic E-state index is 11.8. The minimum absolute atomic E-state index is 0.527. The van der Waals surface area contributed by atoms with Gasteiger partial charge in [-0.05, 0) is 31.9 Å². The van der Waals surface area contributed by atoms with E-state index in [0.29, 0.717) is 26.2 Å². The van der Waals surface area contributed by atoms with E-state index in [-0.39, 0.29) is 0 Å². The van der Waals surface area contributed by atoms with Crippen LogP contribution in [0.2, 0.25) is 0 Å². The fraction of sp³-hybridized carbons (Fsp3) is 0.467. The van der Waals surface area contributed by atoms with E-state index in [1.807, 2.05) is 5.43 Å². The average Bonchev–Trinajstić information content (AvgIpc) is 2.45. The van der Waals surface area contributed by atoms with Crippen LogP contribution in [0.3, 0.4) is 0 Å². The number of benzene rings is 1. The first-order chi connectivity index (χ1) is 9.93. The Kier molecular flexibility index (Phi) is 4.47. The van der Waals surface area contributed by atoms with Gasteiger partial charge in [0, 0.05) is 31.9 Å². The number of hydrogen-bond acceptors (Lipinski definition) is 4. The van der Waals surface area contributed by atoms with E-state index in [4.69, 9.17) is 5.84 Å². The summed E-state index contributed by atoms with van der Waals surface area (Å²) in [6, 6.07) is 4.34. The number of aryl methyl sites for hydroxylation is 3. The standard InChI is InChI=1S/C15H22N4O2/c1-10-8-11(2)13(12(3)9-10)18-4-6-19(7-5-18)15(21)14(20)17-16/h8-9H,4-7,16H2,1-3H3,(H,17,20). The van der Waals surface area contributed by atoms with E-state index in [1.54, 1.807) is 0 Å². The highest BCUT2D eigenvalue weighted by atomic mass is 16.2. The van der Waals surface area contributed by atoms with E-state index in [9.17, 15) is 9.59 Å². The van der Waals surface area contributed by atoms with Crippen molar-refractivity contribution in [1.29, 1.82) is 0 Å². The molecule has 1 saturated heterocycles. The molecule has 2 amide bonds. The van der Waals surface area contributed by atoms with E-state index in [0.717, 1.165) is 0 Å². The van der Waals surface area contributed by atoms with Gasteiger partial charge in [-0.3, -0.25) is 15.0 Å². The summed E-state index contributed by atoms with van der Waals surface area (Å²) in [6.45, 7) is 8.79. The summed E-state index contributed by atoms with van der Waals surface area (Å²) < 4.78 is 0. The van der Waals surface area contributed by atoms with Gasteiger partial charge in [-0.15, -0.1) is 0 Å². The second-order valence-electron chi connectivity index (χ2n) is 5.50. The zero-order valence-electron chi connectivity index (χ0n) is 12.8. The van der Waals surface area contributed by atoms with Gasteiger partial charge in [-0.2, -0.15) is 0 Å². The van der Waals surface area contributed by atoms with E-state index in [1.165, 1.54) is 27.3 Å². The molecule has 1 aliphatic rings. The molecule has 0 radical (unpaired) electrons. The summed E-state index contributed by atoms with van der Waals surface area (Å²) in [5.41, 5.74) is 6.86. The number of carbonyl (C=O) groups is 2. The van der Waals surface area contributed by atoms with Crippen LogP contribution in [0.25, 0.3) is 0 Å². The number of hydrazine groups is 1. The second-order valence-corrected chi connectivity index (χ2v) is 5.50. The Morgan fingerprint density at radius 1 is 1.05 bits per heavy atom. The molecular formula is C15H22N4O2. The first-order valence-electron chi connectivity index (χ1n) is 7.06. The van der Waals surface area contributed by atoms with Crippen molar-refractivity contribution in [1.82, 2.24) is 10.3 Å². The number of carbonyl (C=O) groups excluding carboxylic acids is 2. The van der Waals surface area contributed by atoms with Gasteiger partial charge in [0.2, 0.25) is 0 Å². The van der Waals surface area contributed by atoms with Crippen molar-refractivity contribution in [2.24, 2.45) is 5.84 Å². The SMILES string of the molecule is Cc1cc(C)c(N2CCN(C(=O)C(=O)NN)CC2)c(C)c1. The van der Waals surface area contributed by atoms with Crippen molar-refractivity contribution < 1.29 is 9.59 Å². The molecule has 1 fully saturated rings. The second kappa shape index (κ2) is 6.13. The Labute approximate surface area is 124 Å². The van der Waals surface area contributed by atoms with Crippen LogP contribution >= 0.6 is 0 Å². The first kappa shape index (κ1) is 15.3.